The molecule has 0 radical (unpaired) electrons. The first kappa shape index (κ1) is 14.1. The molecule has 2 unspecified atom stereocenters. The summed E-state index contributed by atoms with van der Waals surface area (Å²) in [6.45, 7) is 7.19. The molecule has 0 saturated carbocycles. The molecular formula is C14H20N4S. The van der Waals surface area contributed by atoms with Crippen molar-refractivity contribution < 1.29 is 0 Å². The molecule has 19 heavy (non-hydrogen) atoms. The van der Waals surface area contributed by atoms with Gasteiger partial charge in [0, 0.05) is 11.3 Å². The molecule has 1 aromatic carbocycles. The lowest BCUT2D eigenvalue weighted by Crippen LogP contribution is -2.28. The number of hydrogen-bond donors (Lipinski definition) is 2. The zero-order valence-electron chi connectivity index (χ0n) is 11.6. The molecule has 0 spiro atoms. The Morgan fingerprint density at radius 3 is 2.63 bits per heavy atom. The van der Waals surface area contributed by atoms with Crippen LogP contribution in [0.15, 0.2) is 35.5 Å². The highest BCUT2D eigenvalue weighted by Gasteiger charge is 2.20. The van der Waals surface area contributed by atoms with Gasteiger partial charge in [0.05, 0.1) is 0 Å². The van der Waals surface area contributed by atoms with Crippen LogP contribution in [0.4, 0.5) is 0 Å². The Hall–Kier alpha value is -1.33. The smallest absolute Gasteiger partial charge is 0.208 e. The maximum atomic E-state index is 4.36. The monoisotopic (exact) mass is 276 g/mol. The lowest BCUT2D eigenvalue weighted by molar-refractivity contribution is 0.547. The Labute approximate surface area is 118 Å². The number of nitrogens with zero attached hydrogens (tertiary/aromatic N) is 2. The number of thioether (sulfide) groups is 1. The van der Waals surface area contributed by atoms with Crippen LogP contribution in [0, 0.1) is 6.92 Å². The molecule has 2 N–H and O–H groups in total. The van der Waals surface area contributed by atoms with Gasteiger partial charge >= 0.3 is 0 Å². The molecule has 0 saturated heterocycles. The van der Waals surface area contributed by atoms with E-state index in [4.69, 9.17) is 0 Å². The minimum absolute atomic E-state index is 0.301. The first-order chi connectivity index (χ1) is 9.20. The van der Waals surface area contributed by atoms with Crippen LogP contribution in [0.2, 0.25) is 0 Å². The summed E-state index contributed by atoms with van der Waals surface area (Å²) >= 11 is 1.69. The topological polar surface area (TPSA) is 53.6 Å². The molecule has 102 valence electrons. The molecule has 0 aliphatic heterocycles. The van der Waals surface area contributed by atoms with E-state index in [1.54, 1.807) is 11.8 Å². The van der Waals surface area contributed by atoms with E-state index >= 15 is 0 Å². The van der Waals surface area contributed by atoms with Gasteiger partial charge in [-0.1, -0.05) is 55.9 Å². The third-order valence-electron chi connectivity index (χ3n) is 2.92. The predicted octanol–water partition coefficient (Wildman–Crippen LogP) is 2.94. The fraction of sp³-hybridized carbons (Fsp3) is 0.429. The van der Waals surface area contributed by atoms with Gasteiger partial charge in [0.1, 0.15) is 5.82 Å². The molecular weight excluding hydrogens is 256 g/mol. The van der Waals surface area contributed by atoms with E-state index in [1.165, 1.54) is 5.56 Å². The van der Waals surface area contributed by atoms with Gasteiger partial charge < -0.3 is 5.32 Å². The number of rotatable bonds is 6. The van der Waals surface area contributed by atoms with Gasteiger partial charge in [0.15, 0.2) is 0 Å². The van der Waals surface area contributed by atoms with Gasteiger partial charge in [0.2, 0.25) is 5.16 Å². The van der Waals surface area contributed by atoms with E-state index in [2.05, 4.69) is 58.6 Å². The second-order valence-electron chi connectivity index (χ2n) is 4.47. The predicted molar refractivity (Wildman–Crippen MR) is 79.3 cm³/mol. The summed E-state index contributed by atoms with van der Waals surface area (Å²) in [5.74, 6) is 0.856. The number of aromatic amines is 1. The molecule has 0 amide bonds. The molecule has 0 bridgehead atoms. The van der Waals surface area contributed by atoms with Crippen molar-refractivity contribution >= 4 is 11.8 Å². The molecule has 0 aliphatic carbocycles. The van der Waals surface area contributed by atoms with Crippen molar-refractivity contribution in [2.45, 2.75) is 37.2 Å². The Bertz CT molecular complexity index is 497. The largest absolute Gasteiger partial charge is 0.309 e. The van der Waals surface area contributed by atoms with E-state index in [-0.39, 0.29) is 0 Å². The number of aromatic nitrogens is 3. The van der Waals surface area contributed by atoms with Crippen molar-refractivity contribution in [1.29, 1.82) is 0 Å². The Balaban J connectivity index is 2.10. The van der Waals surface area contributed by atoms with Crippen molar-refractivity contribution in [2.24, 2.45) is 0 Å². The Kier molecular flexibility index (Phi) is 4.99. The summed E-state index contributed by atoms with van der Waals surface area (Å²) in [5, 5.41) is 11.8. The highest BCUT2D eigenvalue weighted by atomic mass is 32.2. The quantitative estimate of drug-likeness (QED) is 0.797. The zero-order chi connectivity index (χ0) is 13.7. The second-order valence-corrected chi connectivity index (χ2v) is 5.82. The van der Waals surface area contributed by atoms with Gasteiger partial charge in [-0.2, -0.15) is 0 Å². The second kappa shape index (κ2) is 6.73. The first-order valence-electron chi connectivity index (χ1n) is 6.54. The van der Waals surface area contributed by atoms with Crippen LogP contribution in [0.25, 0.3) is 0 Å². The van der Waals surface area contributed by atoms with Crippen molar-refractivity contribution in [1.82, 2.24) is 20.5 Å². The highest BCUT2D eigenvalue weighted by Crippen LogP contribution is 2.29. The summed E-state index contributed by atoms with van der Waals surface area (Å²) in [6.07, 6.45) is 0. The minimum Gasteiger partial charge on any atom is -0.309 e. The molecule has 1 aromatic heterocycles. The summed E-state index contributed by atoms with van der Waals surface area (Å²) in [7, 11) is 0. The number of nitrogens with one attached hydrogen (secondary N) is 2. The van der Waals surface area contributed by atoms with E-state index in [0.29, 0.717) is 11.3 Å². The van der Waals surface area contributed by atoms with Gasteiger partial charge in [0.25, 0.3) is 0 Å². The van der Waals surface area contributed by atoms with Gasteiger partial charge in [-0.25, -0.2) is 4.98 Å². The molecule has 2 atom stereocenters. The summed E-state index contributed by atoms with van der Waals surface area (Å²) in [5.41, 5.74) is 1.30. The highest BCUT2D eigenvalue weighted by molar-refractivity contribution is 7.99. The molecule has 2 rings (SSSR count). The number of hydrogen-bond acceptors (Lipinski definition) is 4. The SMILES string of the molecule is CCNC(c1ccccc1)C(C)Sc1n[nH]c(C)n1. The van der Waals surface area contributed by atoms with E-state index < -0.39 is 0 Å². The maximum Gasteiger partial charge on any atom is 0.208 e. The van der Waals surface area contributed by atoms with E-state index in [0.717, 1.165) is 17.5 Å². The first-order valence-corrected chi connectivity index (χ1v) is 7.42. The average molecular weight is 276 g/mol. The fourth-order valence-corrected chi connectivity index (χ4v) is 3.05. The summed E-state index contributed by atoms with van der Waals surface area (Å²) < 4.78 is 0. The zero-order valence-corrected chi connectivity index (χ0v) is 12.4. The molecule has 0 fully saturated rings. The Morgan fingerprint density at radius 1 is 1.32 bits per heavy atom. The maximum absolute atomic E-state index is 4.36. The number of aryl methyl sites for hydroxylation is 1. The van der Waals surface area contributed by atoms with Crippen LogP contribution in [-0.4, -0.2) is 27.0 Å². The summed E-state index contributed by atoms with van der Waals surface area (Å²) in [6, 6.07) is 10.8. The van der Waals surface area contributed by atoms with Crippen molar-refractivity contribution in [3.63, 3.8) is 0 Å². The lowest BCUT2D eigenvalue weighted by Gasteiger charge is -2.23. The molecule has 2 aromatic rings. The third-order valence-corrected chi connectivity index (χ3v) is 3.96. The minimum atomic E-state index is 0.301. The van der Waals surface area contributed by atoms with Crippen LogP contribution in [0.3, 0.4) is 0 Å². The van der Waals surface area contributed by atoms with Gasteiger partial charge in [-0.3, -0.25) is 5.10 Å². The van der Waals surface area contributed by atoms with Gasteiger partial charge in [-0.05, 0) is 19.0 Å². The third kappa shape index (κ3) is 3.81. The fourth-order valence-electron chi connectivity index (χ4n) is 2.04. The molecule has 4 nitrogen and oxygen atoms in total. The van der Waals surface area contributed by atoms with Crippen molar-refractivity contribution in [3.8, 4) is 0 Å². The van der Waals surface area contributed by atoms with Crippen LogP contribution in [0.1, 0.15) is 31.3 Å². The van der Waals surface area contributed by atoms with Crippen LogP contribution in [0.5, 0.6) is 0 Å². The van der Waals surface area contributed by atoms with E-state index in [9.17, 15) is 0 Å². The number of H-pyrrole nitrogens is 1. The summed E-state index contributed by atoms with van der Waals surface area (Å²) in [4.78, 5) is 4.36. The number of benzene rings is 1. The van der Waals surface area contributed by atoms with E-state index in [1.807, 2.05) is 13.0 Å². The average Bonchev–Trinajstić information content (AvgIpc) is 2.82. The van der Waals surface area contributed by atoms with Gasteiger partial charge in [-0.15, -0.1) is 5.10 Å². The lowest BCUT2D eigenvalue weighted by atomic mass is 10.0. The normalized spacial score (nSPS) is 14.3. The molecule has 0 aliphatic rings. The Morgan fingerprint density at radius 2 is 2.05 bits per heavy atom. The van der Waals surface area contributed by atoms with Crippen molar-refractivity contribution in [2.75, 3.05) is 6.54 Å². The van der Waals surface area contributed by atoms with Crippen LogP contribution < -0.4 is 5.32 Å². The molecule has 5 heteroatoms. The van der Waals surface area contributed by atoms with Crippen LogP contribution in [-0.2, 0) is 0 Å². The van der Waals surface area contributed by atoms with Crippen molar-refractivity contribution in [3.05, 3.63) is 41.7 Å². The molecule has 1 heterocycles. The standard InChI is InChI=1S/C14H20N4S/c1-4-15-13(12-8-6-5-7-9-12)10(2)19-14-16-11(3)17-18-14/h5-10,13,15H,4H2,1-3H3,(H,16,17,18). The van der Waals surface area contributed by atoms with Crippen LogP contribution >= 0.6 is 11.8 Å².